The minimum absolute atomic E-state index is 0.137. The first-order valence-electron chi connectivity index (χ1n) is 5.66. The zero-order valence-corrected chi connectivity index (χ0v) is 10.3. The first kappa shape index (κ1) is 15.1. The number of ether oxygens (including phenoxy) is 2. The van der Waals surface area contributed by atoms with Crippen LogP contribution in [0.1, 0.15) is 13.3 Å². The molecule has 0 aliphatic carbocycles. The topological polar surface area (TPSA) is 47.6 Å². The Bertz CT molecular complexity index is 421. The highest BCUT2D eigenvalue weighted by Gasteiger charge is 2.31. The SMILES string of the molecule is CCOC(=O)CCNc1cccc(OC(F)(F)F)c1. The van der Waals surface area contributed by atoms with Crippen molar-refractivity contribution >= 4 is 11.7 Å². The molecule has 0 fully saturated rings. The predicted octanol–water partition coefficient (Wildman–Crippen LogP) is 2.95. The summed E-state index contributed by atoms with van der Waals surface area (Å²) in [5.74, 6) is -0.675. The summed E-state index contributed by atoms with van der Waals surface area (Å²) < 4.78 is 44.5. The van der Waals surface area contributed by atoms with Crippen LogP contribution in [0.25, 0.3) is 0 Å². The summed E-state index contributed by atoms with van der Waals surface area (Å²) in [6.45, 7) is 2.27. The van der Waals surface area contributed by atoms with E-state index in [1.54, 1.807) is 13.0 Å². The quantitative estimate of drug-likeness (QED) is 0.812. The molecule has 0 saturated heterocycles. The van der Waals surface area contributed by atoms with Gasteiger partial charge in [0.1, 0.15) is 5.75 Å². The van der Waals surface area contributed by atoms with Gasteiger partial charge < -0.3 is 14.8 Å². The first-order chi connectivity index (χ1) is 8.90. The molecule has 1 rings (SSSR count). The second-order valence-corrected chi connectivity index (χ2v) is 3.56. The molecule has 7 heteroatoms. The zero-order chi connectivity index (χ0) is 14.3. The van der Waals surface area contributed by atoms with Gasteiger partial charge in [0.05, 0.1) is 13.0 Å². The van der Waals surface area contributed by atoms with E-state index in [-0.39, 0.29) is 24.7 Å². The molecule has 0 atom stereocenters. The minimum atomic E-state index is -4.72. The van der Waals surface area contributed by atoms with Gasteiger partial charge in [0.25, 0.3) is 0 Å². The van der Waals surface area contributed by atoms with Crippen molar-refractivity contribution in [2.75, 3.05) is 18.5 Å². The Morgan fingerprint density at radius 2 is 2.11 bits per heavy atom. The number of benzene rings is 1. The van der Waals surface area contributed by atoms with Crippen LogP contribution in [-0.2, 0) is 9.53 Å². The molecule has 106 valence electrons. The third kappa shape index (κ3) is 6.54. The van der Waals surface area contributed by atoms with Crippen LogP contribution in [0.5, 0.6) is 5.75 Å². The van der Waals surface area contributed by atoms with Gasteiger partial charge in [-0.1, -0.05) is 6.07 Å². The van der Waals surface area contributed by atoms with Gasteiger partial charge in [-0.15, -0.1) is 13.2 Å². The number of nitrogens with one attached hydrogen (secondary N) is 1. The molecule has 0 heterocycles. The Morgan fingerprint density at radius 3 is 2.74 bits per heavy atom. The fraction of sp³-hybridized carbons (Fsp3) is 0.417. The van der Waals surface area contributed by atoms with Gasteiger partial charge in [0.2, 0.25) is 0 Å². The monoisotopic (exact) mass is 277 g/mol. The van der Waals surface area contributed by atoms with Crippen LogP contribution in [0, 0.1) is 0 Å². The Hall–Kier alpha value is -1.92. The number of hydrogen-bond acceptors (Lipinski definition) is 4. The lowest BCUT2D eigenvalue weighted by Crippen LogP contribution is -2.17. The largest absolute Gasteiger partial charge is 0.573 e. The second-order valence-electron chi connectivity index (χ2n) is 3.56. The summed E-state index contributed by atoms with van der Waals surface area (Å²) in [7, 11) is 0. The first-order valence-corrected chi connectivity index (χ1v) is 5.66. The maximum atomic E-state index is 12.0. The van der Waals surface area contributed by atoms with E-state index in [2.05, 4.69) is 10.1 Å². The van der Waals surface area contributed by atoms with E-state index in [0.29, 0.717) is 12.3 Å². The normalized spacial score (nSPS) is 10.9. The van der Waals surface area contributed by atoms with Crippen molar-refractivity contribution < 1.29 is 27.4 Å². The van der Waals surface area contributed by atoms with Crippen LogP contribution in [-0.4, -0.2) is 25.5 Å². The Morgan fingerprint density at radius 1 is 1.37 bits per heavy atom. The zero-order valence-electron chi connectivity index (χ0n) is 10.3. The van der Waals surface area contributed by atoms with Crippen LogP contribution in [0.2, 0.25) is 0 Å². The van der Waals surface area contributed by atoms with Crippen LogP contribution in [0.15, 0.2) is 24.3 Å². The standard InChI is InChI=1S/C12H14F3NO3/c1-2-18-11(17)6-7-16-9-4-3-5-10(8-9)19-12(13,14)15/h3-5,8,16H,2,6-7H2,1H3. The van der Waals surface area contributed by atoms with E-state index in [4.69, 9.17) is 4.74 Å². The number of carbonyl (C=O) groups is 1. The molecule has 0 unspecified atom stereocenters. The van der Waals surface area contributed by atoms with Crippen molar-refractivity contribution in [2.24, 2.45) is 0 Å². The minimum Gasteiger partial charge on any atom is -0.466 e. The number of esters is 1. The van der Waals surface area contributed by atoms with Gasteiger partial charge in [-0.2, -0.15) is 0 Å². The third-order valence-electron chi connectivity index (χ3n) is 2.03. The number of rotatable bonds is 6. The van der Waals surface area contributed by atoms with Gasteiger partial charge in [-0.3, -0.25) is 4.79 Å². The van der Waals surface area contributed by atoms with Crippen molar-refractivity contribution in [3.63, 3.8) is 0 Å². The lowest BCUT2D eigenvalue weighted by atomic mass is 10.3. The highest BCUT2D eigenvalue weighted by Crippen LogP contribution is 2.24. The summed E-state index contributed by atoms with van der Waals surface area (Å²) in [4.78, 5) is 11.1. The number of hydrogen-bond donors (Lipinski definition) is 1. The Labute approximate surface area is 108 Å². The maximum Gasteiger partial charge on any atom is 0.573 e. The van der Waals surface area contributed by atoms with Crippen LogP contribution < -0.4 is 10.1 Å². The van der Waals surface area contributed by atoms with Gasteiger partial charge in [-0.25, -0.2) is 0 Å². The predicted molar refractivity (Wildman–Crippen MR) is 62.9 cm³/mol. The smallest absolute Gasteiger partial charge is 0.466 e. The summed E-state index contributed by atoms with van der Waals surface area (Å²) in [6.07, 6.45) is -4.58. The molecular weight excluding hydrogens is 263 g/mol. The van der Waals surface area contributed by atoms with Crippen molar-refractivity contribution in [1.82, 2.24) is 0 Å². The van der Waals surface area contributed by atoms with Gasteiger partial charge in [0.15, 0.2) is 0 Å². The molecule has 19 heavy (non-hydrogen) atoms. The van der Waals surface area contributed by atoms with E-state index >= 15 is 0 Å². The highest BCUT2D eigenvalue weighted by atomic mass is 19.4. The number of carbonyl (C=O) groups excluding carboxylic acids is 1. The number of halogens is 3. The molecule has 0 radical (unpaired) electrons. The van der Waals surface area contributed by atoms with Gasteiger partial charge in [0, 0.05) is 18.3 Å². The maximum absolute atomic E-state index is 12.0. The summed E-state index contributed by atoms with van der Waals surface area (Å²) in [6, 6.07) is 5.41. The lowest BCUT2D eigenvalue weighted by molar-refractivity contribution is -0.274. The summed E-state index contributed by atoms with van der Waals surface area (Å²) >= 11 is 0. The van der Waals surface area contributed by atoms with Crippen LogP contribution in [0.4, 0.5) is 18.9 Å². The molecule has 0 bridgehead atoms. The average molecular weight is 277 g/mol. The fourth-order valence-electron chi connectivity index (χ4n) is 1.35. The van der Waals surface area contributed by atoms with Crippen LogP contribution in [0.3, 0.4) is 0 Å². The second kappa shape index (κ2) is 6.86. The van der Waals surface area contributed by atoms with Crippen LogP contribution >= 0.6 is 0 Å². The summed E-state index contributed by atoms with van der Waals surface area (Å²) in [5, 5.41) is 2.81. The third-order valence-corrected chi connectivity index (χ3v) is 2.03. The Balaban J connectivity index is 2.46. The summed E-state index contributed by atoms with van der Waals surface area (Å²) in [5.41, 5.74) is 0.436. The van der Waals surface area contributed by atoms with Crippen molar-refractivity contribution in [1.29, 1.82) is 0 Å². The number of alkyl halides is 3. The molecule has 1 aromatic carbocycles. The van der Waals surface area contributed by atoms with Crippen molar-refractivity contribution in [3.8, 4) is 5.75 Å². The van der Waals surface area contributed by atoms with E-state index in [1.165, 1.54) is 18.2 Å². The van der Waals surface area contributed by atoms with E-state index < -0.39 is 6.36 Å². The molecule has 0 saturated carbocycles. The highest BCUT2D eigenvalue weighted by molar-refractivity contribution is 5.70. The average Bonchev–Trinajstić information content (AvgIpc) is 2.27. The van der Waals surface area contributed by atoms with Crippen molar-refractivity contribution in [2.45, 2.75) is 19.7 Å². The molecule has 1 aromatic rings. The Kier molecular flexibility index (Phi) is 5.47. The van der Waals surface area contributed by atoms with Gasteiger partial charge >= 0.3 is 12.3 Å². The van der Waals surface area contributed by atoms with Crippen molar-refractivity contribution in [3.05, 3.63) is 24.3 Å². The molecule has 4 nitrogen and oxygen atoms in total. The molecular formula is C12H14F3NO3. The molecule has 1 N–H and O–H groups in total. The lowest BCUT2D eigenvalue weighted by Gasteiger charge is -2.11. The van der Waals surface area contributed by atoms with E-state index in [9.17, 15) is 18.0 Å². The van der Waals surface area contributed by atoms with E-state index in [1.807, 2.05) is 0 Å². The number of anilines is 1. The fourth-order valence-corrected chi connectivity index (χ4v) is 1.35. The molecule has 0 aliphatic heterocycles. The van der Waals surface area contributed by atoms with E-state index in [0.717, 1.165) is 0 Å². The molecule has 0 aliphatic rings. The molecule has 0 aromatic heterocycles. The van der Waals surface area contributed by atoms with Gasteiger partial charge in [-0.05, 0) is 19.1 Å². The molecule has 0 spiro atoms. The molecule has 0 amide bonds.